The summed E-state index contributed by atoms with van der Waals surface area (Å²) in [7, 11) is 0. The van der Waals surface area contributed by atoms with E-state index in [4.69, 9.17) is 0 Å². The SMILES string of the molecule is CCC(C)(C)C1CCC2(CC1)NC(=O)N(C[NH+]1CCCCC1)C2=O. The smallest absolute Gasteiger partial charge is 0.323 e. The van der Waals surface area contributed by atoms with Gasteiger partial charge in [0.2, 0.25) is 0 Å². The lowest BCUT2D eigenvalue weighted by atomic mass is 9.65. The minimum absolute atomic E-state index is 0.0401. The van der Waals surface area contributed by atoms with Crippen LogP contribution in [0.1, 0.15) is 72.1 Å². The van der Waals surface area contributed by atoms with Crippen molar-refractivity contribution in [2.45, 2.75) is 77.7 Å². The number of piperidine rings is 1. The van der Waals surface area contributed by atoms with Crippen molar-refractivity contribution in [1.82, 2.24) is 10.2 Å². The second-order valence-corrected chi connectivity index (χ2v) is 8.83. The predicted octanol–water partition coefficient (Wildman–Crippen LogP) is 1.93. The van der Waals surface area contributed by atoms with Crippen LogP contribution < -0.4 is 10.2 Å². The van der Waals surface area contributed by atoms with Gasteiger partial charge in [-0.1, -0.05) is 27.2 Å². The van der Waals surface area contributed by atoms with Gasteiger partial charge in [-0.05, 0) is 56.3 Å². The number of carbonyl (C=O) groups excluding carboxylic acids is 2. The summed E-state index contributed by atoms with van der Waals surface area (Å²) >= 11 is 0. The molecule has 2 heterocycles. The van der Waals surface area contributed by atoms with Crippen LogP contribution in [0.25, 0.3) is 0 Å². The fourth-order valence-corrected chi connectivity index (χ4v) is 4.77. The van der Waals surface area contributed by atoms with Gasteiger partial charge in [-0.25, -0.2) is 9.69 Å². The number of quaternary nitrogens is 1. The summed E-state index contributed by atoms with van der Waals surface area (Å²) in [5.74, 6) is 0.693. The molecule has 0 aromatic rings. The van der Waals surface area contributed by atoms with Crippen molar-refractivity contribution in [3.05, 3.63) is 0 Å². The largest absolute Gasteiger partial charge is 0.329 e. The molecule has 0 atom stereocenters. The first-order valence-electron chi connectivity index (χ1n) is 9.86. The van der Waals surface area contributed by atoms with E-state index in [9.17, 15) is 9.59 Å². The predicted molar refractivity (Wildman–Crippen MR) is 93.6 cm³/mol. The number of imide groups is 1. The Morgan fingerprint density at radius 3 is 2.38 bits per heavy atom. The van der Waals surface area contributed by atoms with Crippen molar-refractivity contribution < 1.29 is 14.5 Å². The van der Waals surface area contributed by atoms with Crippen LogP contribution in [0.4, 0.5) is 4.79 Å². The van der Waals surface area contributed by atoms with E-state index in [0.29, 0.717) is 18.0 Å². The van der Waals surface area contributed by atoms with Gasteiger partial charge in [0.05, 0.1) is 13.1 Å². The number of amides is 3. The minimum atomic E-state index is -0.605. The molecule has 1 saturated carbocycles. The van der Waals surface area contributed by atoms with Crippen molar-refractivity contribution in [2.24, 2.45) is 11.3 Å². The first kappa shape index (κ1) is 17.7. The Morgan fingerprint density at radius 2 is 1.79 bits per heavy atom. The van der Waals surface area contributed by atoms with Crippen molar-refractivity contribution in [3.8, 4) is 0 Å². The summed E-state index contributed by atoms with van der Waals surface area (Å²) in [5.41, 5.74) is -0.280. The van der Waals surface area contributed by atoms with E-state index < -0.39 is 5.54 Å². The summed E-state index contributed by atoms with van der Waals surface area (Å²) in [6.45, 7) is 9.62. The molecule has 1 aliphatic carbocycles. The number of nitrogens with one attached hydrogen (secondary N) is 2. The van der Waals surface area contributed by atoms with E-state index >= 15 is 0 Å². The Hall–Kier alpha value is -1.10. The number of nitrogens with zero attached hydrogens (tertiary/aromatic N) is 1. The molecule has 2 N–H and O–H groups in total. The topological polar surface area (TPSA) is 53.9 Å². The van der Waals surface area contributed by atoms with Gasteiger partial charge in [-0.15, -0.1) is 0 Å². The third kappa shape index (κ3) is 3.19. The van der Waals surface area contributed by atoms with Gasteiger partial charge in [0.25, 0.3) is 5.91 Å². The van der Waals surface area contributed by atoms with Crippen molar-refractivity contribution in [3.63, 3.8) is 0 Å². The molecular weight excluding hydrogens is 302 g/mol. The van der Waals surface area contributed by atoms with E-state index in [0.717, 1.165) is 45.2 Å². The molecule has 0 bridgehead atoms. The zero-order chi connectivity index (χ0) is 17.4. The zero-order valence-electron chi connectivity index (χ0n) is 15.6. The second kappa shape index (κ2) is 6.66. The molecule has 1 spiro atoms. The fraction of sp³-hybridized carbons (Fsp3) is 0.895. The number of hydrogen-bond donors (Lipinski definition) is 2. The van der Waals surface area contributed by atoms with Crippen molar-refractivity contribution >= 4 is 11.9 Å². The van der Waals surface area contributed by atoms with Crippen molar-refractivity contribution in [2.75, 3.05) is 19.8 Å². The van der Waals surface area contributed by atoms with Crippen LogP contribution in [-0.2, 0) is 4.79 Å². The van der Waals surface area contributed by atoms with Crippen LogP contribution in [0.5, 0.6) is 0 Å². The maximum absolute atomic E-state index is 13.0. The lowest BCUT2D eigenvalue weighted by Crippen LogP contribution is -3.14. The molecule has 136 valence electrons. The molecule has 2 saturated heterocycles. The summed E-state index contributed by atoms with van der Waals surface area (Å²) in [6, 6.07) is -0.161. The number of carbonyl (C=O) groups is 2. The Morgan fingerprint density at radius 1 is 1.17 bits per heavy atom. The molecule has 24 heavy (non-hydrogen) atoms. The molecule has 0 aromatic carbocycles. The van der Waals surface area contributed by atoms with E-state index in [1.165, 1.54) is 29.1 Å². The Balaban J connectivity index is 1.63. The van der Waals surface area contributed by atoms with Crippen LogP contribution in [0, 0.1) is 11.3 Å². The van der Waals surface area contributed by atoms with Gasteiger partial charge in [0.1, 0.15) is 5.54 Å². The molecule has 5 heteroatoms. The minimum Gasteiger partial charge on any atom is -0.323 e. The van der Waals surface area contributed by atoms with Crippen LogP contribution >= 0.6 is 0 Å². The van der Waals surface area contributed by atoms with Crippen LogP contribution in [0.3, 0.4) is 0 Å². The molecule has 0 aromatic heterocycles. The molecule has 3 rings (SSSR count). The van der Waals surface area contributed by atoms with E-state index in [1.54, 1.807) is 0 Å². The first-order chi connectivity index (χ1) is 11.4. The fourth-order valence-electron chi connectivity index (χ4n) is 4.77. The Labute approximate surface area is 146 Å². The molecule has 0 unspecified atom stereocenters. The highest BCUT2D eigenvalue weighted by molar-refractivity contribution is 6.06. The molecule has 3 aliphatic rings. The van der Waals surface area contributed by atoms with E-state index in [1.807, 2.05) is 0 Å². The Kier molecular flexibility index (Phi) is 4.92. The van der Waals surface area contributed by atoms with Gasteiger partial charge in [0, 0.05) is 0 Å². The van der Waals surface area contributed by atoms with Gasteiger partial charge < -0.3 is 10.2 Å². The van der Waals surface area contributed by atoms with Crippen molar-refractivity contribution in [1.29, 1.82) is 0 Å². The first-order valence-corrected chi connectivity index (χ1v) is 9.86. The molecule has 3 amide bonds. The lowest BCUT2D eigenvalue weighted by Gasteiger charge is -2.42. The van der Waals surface area contributed by atoms with Crippen LogP contribution in [0.15, 0.2) is 0 Å². The van der Waals surface area contributed by atoms with Gasteiger partial charge in [-0.3, -0.25) is 4.79 Å². The highest BCUT2D eigenvalue weighted by Crippen LogP contribution is 2.44. The van der Waals surface area contributed by atoms with E-state index in [-0.39, 0.29) is 11.9 Å². The Bertz CT molecular complexity index is 489. The normalized spacial score (nSPS) is 32.5. The van der Waals surface area contributed by atoms with Gasteiger partial charge >= 0.3 is 6.03 Å². The second-order valence-electron chi connectivity index (χ2n) is 8.83. The van der Waals surface area contributed by atoms with Gasteiger partial charge in [0.15, 0.2) is 6.67 Å². The summed E-state index contributed by atoms with van der Waals surface area (Å²) in [5, 5.41) is 3.07. The van der Waals surface area contributed by atoms with Crippen LogP contribution in [0.2, 0.25) is 0 Å². The highest BCUT2D eigenvalue weighted by Gasteiger charge is 2.54. The zero-order valence-corrected chi connectivity index (χ0v) is 15.6. The number of rotatable bonds is 4. The monoisotopic (exact) mass is 336 g/mol. The molecule has 3 fully saturated rings. The summed E-state index contributed by atoms with van der Waals surface area (Å²) in [6.07, 6.45) is 8.54. The summed E-state index contributed by atoms with van der Waals surface area (Å²) in [4.78, 5) is 28.4. The average Bonchev–Trinajstić information content (AvgIpc) is 2.80. The maximum Gasteiger partial charge on any atom is 0.329 e. The number of urea groups is 1. The molecule has 0 radical (unpaired) electrons. The number of hydrogen-bond acceptors (Lipinski definition) is 2. The van der Waals surface area contributed by atoms with E-state index in [2.05, 4.69) is 26.1 Å². The highest BCUT2D eigenvalue weighted by atomic mass is 16.2. The van der Waals surface area contributed by atoms with Gasteiger partial charge in [-0.2, -0.15) is 0 Å². The molecular formula is C19H34N3O2+. The van der Waals surface area contributed by atoms with Crippen LogP contribution in [-0.4, -0.2) is 42.1 Å². The third-order valence-electron chi connectivity index (χ3n) is 7.04. The number of likely N-dealkylation sites (tertiary alicyclic amines) is 1. The summed E-state index contributed by atoms with van der Waals surface area (Å²) < 4.78 is 0. The third-order valence-corrected chi connectivity index (χ3v) is 7.04. The standard InChI is InChI=1S/C19H33N3O2/c1-4-18(2,3)15-8-10-19(11-9-15)16(23)22(17(24)20-19)14-21-12-6-5-7-13-21/h15H,4-14H2,1-3H3,(H,20,24)/p+1. The molecule has 5 nitrogen and oxygen atoms in total. The average molecular weight is 337 g/mol. The molecule has 2 aliphatic heterocycles. The maximum atomic E-state index is 13.0. The quantitative estimate of drug-likeness (QED) is 0.771. The lowest BCUT2D eigenvalue weighted by molar-refractivity contribution is -0.912.